The number of carbonyl (C=O) groups excluding carboxylic acids is 1. The Balaban J connectivity index is 1.52. The Morgan fingerprint density at radius 3 is 2.40 bits per heavy atom. The van der Waals surface area contributed by atoms with Crippen molar-refractivity contribution in [2.24, 2.45) is 0 Å². The van der Waals surface area contributed by atoms with Crippen molar-refractivity contribution >= 4 is 33.7 Å². The second-order valence-electron chi connectivity index (χ2n) is 6.61. The Morgan fingerprint density at radius 2 is 1.67 bits per heavy atom. The minimum absolute atomic E-state index is 0.318. The van der Waals surface area contributed by atoms with Crippen molar-refractivity contribution in [2.75, 3.05) is 5.32 Å². The number of pyridine rings is 1. The van der Waals surface area contributed by atoms with Crippen molar-refractivity contribution in [2.45, 2.75) is 6.92 Å². The van der Waals surface area contributed by atoms with Gasteiger partial charge in [0.15, 0.2) is 5.82 Å². The van der Waals surface area contributed by atoms with Gasteiger partial charge in [-0.05, 0) is 13.0 Å². The Morgan fingerprint density at radius 1 is 0.967 bits per heavy atom. The van der Waals surface area contributed by atoms with E-state index in [0.717, 1.165) is 22.7 Å². The van der Waals surface area contributed by atoms with Gasteiger partial charge in [0.05, 0.1) is 22.3 Å². The molecule has 0 saturated carbocycles. The molecule has 3 heterocycles. The van der Waals surface area contributed by atoms with Crippen molar-refractivity contribution in [3.8, 4) is 22.6 Å². The summed E-state index contributed by atoms with van der Waals surface area (Å²) < 4.78 is 9.69. The molecular formula is C22H15N5O2S. The Bertz CT molecular complexity index is 1350. The fourth-order valence-electron chi connectivity index (χ4n) is 3.17. The second kappa shape index (κ2) is 7.49. The first kappa shape index (κ1) is 18.1. The molecule has 0 saturated heterocycles. The van der Waals surface area contributed by atoms with Crippen LogP contribution in [0.25, 0.3) is 33.7 Å². The number of carbonyl (C=O) groups is 1. The van der Waals surface area contributed by atoms with Crippen LogP contribution < -0.4 is 5.32 Å². The fourth-order valence-corrected chi connectivity index (χ4v) is 3.76. The smallest absolute Gasteiger partial charge is 0.259 e. The van der Waals surface area contributed by atoms with Crippen LogP contribution in [0, 0.1) is 6.92 Å². The molecule has 0 atom stereocenters. The minimum Gasteiger partial charge on any atom is -0.335 e. The normalized spacial score (nSPS) is 11.0. The Hall–Kier alpha value is -3.91. The quantitative estimate of drug-likeness (QED) is 0.447. The second-order valence-corrected chi connectivity index (χ2v) is 7.36. The summed E-state index contributed by atoms with van der Waals surface area (Å²) in [5, 5.41) is 7.83. The van der Waals surface area contributed by atoms with Crippen molar-refractivity contribution < 1.29 is 9.32 Å². The average molecular weight is 413 g/mol. The third kappa shape index (κ3) is 3.33. The van der Waals surface area contributed by atoms with Crippen molar-refractivity contribution in [1.82, 2.24) is 19.5 Å². The molecule has 0 unspecified atom stereocenters. The molecule has 1 N–H and O–H groups in total. The summed E-state index contributed by atoms with van der Waals surface area (Å²) >= 11 is 1.13. The van der Waals surface area contributed by atoms with Crippen LogP contribution in [0.2, 0.25) is 0 Å². The van der Waals surface area contributed by atoms with Gasteiger partial charge in [0.25, 0.3) is 11.6 Å². The Labute approximate surface area is 175 Å². The van der Waals surface area contributed by atoms with Crippen molar-refractivity contribution in [3.63, 3.8) is 0 Å². The topological polar surface area (TPSA) is 93.8 Å². The number of rotatable bonds is 4. The lowest BCUT2D eigenvalue weighted by molar-refractivity contribution is 0.102. The molecule has 2 aromatic carbocycles. The summed E-state index contributed by atoms with van der Waals surface area (Å²) in [6.45, 7) is 1.78. The van der Waals surface area contributed by atoms with Gasteiger partial charge in [-0.25, -0.2) is 4.98 Å². The summed E-state index contributed by atoms with van der Waals surface area (Å²) in [7, 11) is 0. The molecule has 0 spiro atoms. The highest BCUT2D eigenvalue weighted by atomic mass is 32.1. The molecule has 5 aromatic rings. The molecule has 0 bridgehead atoms. The predicted molar refractivity (Wildman–Crippen MR) is 115 cm³/mol. The van der Waals surface area contributed by atoms with Crippen LogP contribution in [0.15, 0.2) is 71.3 Å². The van der Waals surface area contributed by atoms with Crippen molar-refractivity contribution in [3.05, 3.63) is 78.0 Å². The standard InChI is InChI=1S/C22H15N5O2S/c1-13-18-16(12-17(23-21(18)29-26-13)14-8-4-2-5-9-14)20(28)25-22-24-19(27-30-22)15-10-6-3-7-11-15/h2-12H,1H3,(H,24,25,27,28). The highest BCUT2D eigenvalue weighted by molar-refractivity contribution is 7.10. The number of fused-ring (bicyclic) bond motifs is 1. The molecule has 7 nitrogen and oxygen atoms in total. The number of aromatic nitrogens is 4. The maximum absolute atomic E-state index is 13.1. The molecule has 146 valence electrons. The summed E-state index contributed by atoms with van der Waals surface area (Å²) in [5.41, 5.74) is 3.75. The molecule has 0 aliphatic heterocycles. The lowest BCUT2D eigenvalue weighted by atomic mass is 10.1. The van der Waals surface area contributed by atoms with E-state index in [1.165, 1.54) is 0 Å². The van der Waals surface area contributed by atoms with E-state index in [0.29, 0.717) is 39.0 Å². The third-order valence-corrected chi connectivity index (χ3v) is 5.24. The van der Waals surface area contributed by atoms with Crippen LogP contribution in [0.1, 0.15) is 16.1 Å². The number of benzene rings is 2. The third-order valence-electron chi connectivity index (χ3n) is 4.61. The van der Waals surface area contributed by atoms with Crippen LogP contribution in [-0.2, 0) is 0 Å². The molecule has 0 radical (unpaired) electrons. The summed E-state index contributed by atoms with van der Waals surface area (Å²) in [5.74, 6) is 0.253. The van der Waals surface area contributed by atoms with E-state index in [2.05, 4.69) is 24.8 Å². The zero-order valence-electron chi connectivity index (χ0n) is 15.9. The van der Waals surface area contributed by atoms with Gasteiger partial charge in [-0.3, -0.25) is 10.1 Å². The van der Waals surface area contributed by atoms with Gasteiger partial charge in [-0.2, -0.15) is 9.36 Å². The van der Waals surface area contributed by atoms with Gasteiger partial charge < -0.3 is 4.52 Å². The maximum atomic E-state index is 13.1. The predicted octanol–water partition coefficient (Wildman–Crippen LogP) is 4.97. The number of anilines is 1. The minimum atomic E-state index is -0.318. The van der Waals surface area contributed by atoms with Gasteiger partial charge in [0.1, 0.15) is 0 Å². The summed E-state index contributed by atoms with van der Waals surface area (Å²) in [4.78, 5) is 22.1. The monoisotopic (exact) mass is 413 g/mol. The van der Waals surface area contributed by atoms with Gasteiger partial charge in [-0.15, -0.1) is 0 Å². The van der Waals surface area contributed by atoms with Crippen LogP contribution in [-0.4, -0.2) is 25.4 Å². The number of hydrogen-bond acceptors (Lipinski definition) is 7. The lowest BCUT2D eigenvalue weighted by Gasteiger charge is -2.06. The molecule has 8 heteroatoms. The van der Waals surface area contributed by atoms with Crippen LogP contribution >= 0.6 is 11.5 Å². The molecular weight excluding hydrogens is 398 g/mol. The van der Waals surface area contributed by atoms with Gasteiger partial charge >= 0.3 is 0 Å². The van der Waals surface area contributed by atoms with E-state index in [4.69, 9.17) is 4.52 Å². The average Bonchev–Trinajstić information content (AvgIpc) is 3.41. The number of aryl methyl sites for hydroxylation is 1. The highest BCUT2D eigenvalue weighted by Crippen LogP contribution is 2.28. The van der Waals surface area contributed by atoms with E-state index >= 15 is 0 Å². The highest BCUT2D eigenvalue weighted by Gasteiger charge is 2.20. The number of nitrogens with one attached hydrogen (secondary N) is 1. The number of amides is 1. The molecule has 0 aliphatic rings. The van der Waals surface area contributed by atoms with E-state index < -0.39 is 0 Å². The summed E-state index contributed by atoms with van der Waals surface area (Å²) in [6.07, 6.45) is 0. The van der Waals surface area contributed by atoms with E-state index in [-0.39, 0.29) is 5.91 Å². The van der Waals surface area contributed by atoms with E-state index in [9.17, 15) is 4.79 Å². The number of hydrogen-bond donors (Lipinski definition) is 1. The summed E-state index contributed by atoms with van der Waals surface area (Å²) in [6, 6.07) is 21.0. The lowest BCUT2D eigenvalue weighted by Crippen LogP contribution is -2.13. The molecule has 5 rings (SSSR count). The molecule has 0 fully saturated rings. The zero-order chi connectivity index (χ0) is 20.5. The maximum Gasteiger partial charge on any atom is 0.259 e. The van der Waals surface area contributed by atoms with Crippen molar-refractivity contribution in [1.29, 1.82) is 0 Å². The SMILES string of the molecule is Cc1noc2nc(-c3ccccc3)cc(C(=O)Nc3nc(-c4ccccc4)ns3)c12. The number of nitrogens with zero attached hydrogens (tertiary/aromatic N) is 4. The fraction of sp³-hybridized carbons (Fsp3) is 0.0455. The van der Waals surface area contributed by atoms with Gasteiger partial charge in [-0.1, -0.05) is 65.8 Å². The molecule has 1 amide bonds. The first-order chi connectivity index (χ1) is 14.7. The van der Waals surface area contributed by atoms with Crippen LogP contribution in [0.4, 0.5) is 5.13 Å². The van der Waals surface area contributed by atoms with Crippen LogP contribution in [0.5, 0.6) is 0 Å². The Kier molecular flexibility index (Phi) is 4.53. The largest absolute Gasteiger partial charge is 0.335 e. The zero-order valence-corrected chi connectivity index (χ0v) is 16.7. The molecule has 30 heavy (non-hydrogen) atoms. The van der Waals surface area contributed by atoms with E-state index in [1.807, 2.05) is 60.7 Å². The van der Waals surface area contributed by atoms with Crippen LogP contribution in [0.3, 0.4) is 0 Å². The first-order valence-corrected chi connectivity index (χ1v) is 9.99. The van der Waals surface area contributed by atoms with Gasteiger partial charge in [0.2, 0.25) is 5.13 Å². The van der Waals surface area contributed by atoms with Gasteiger partial charge in [0, 0.05) is 22.7 Å². The first-order valence-electron chi connectivity index (χ1n) is 9.22. The molecule has 3 aromatic heterocycles. The van der Waals surface area contributed by atoms with E-state index in [1.54, 1.807) is 13.0 Å². The molecule has 0 aliphatic carbocycles.